The molecule has 214 valence electrons. The van der Waals surface area contributed by atoms with Crippen molar-refractivity contribution in [2.45, 2.75) is 75.4 Å². The second-order valence-corrected chi connectivity index (χ2v) is 13.2. The van der Waals surface area contributed by atoms with Gasteiger partial charge in [0.2, 0.25) is 15.9 Å². The number of sulfonamides is 1. The van der Waals surface area contributed by atoms with Crippen molar-refractivity contribution < 1.29 is 22.7 Å². The average Bonchev–Trinajstić information content (AvgIpc) is 3.75. The fourth-order valence-electron chi connectivity index (χ4n) is 6.10. The molecule has 0 unspecified atom stereocenters. The molecule has 2 aliphatic carbocycles. The maximum Gasteiger partial charge on any atom is 0.248 e. The molecular weight excluding hydrogens is 504 g/mol. The van der Waals surface area contributed by atoms with Crippen LogP contribution < -0.4 is 4.74 Å². The zero-order valence-corrected chi connectivity index (χ0v) is 24.6. The maximum absolute atomic E-state index is 13.2. The van der Waals surface area contributed by atoms with E-state index in [1.807, 2.05) is 11.9 Å². The molecule has 1 amide bonds. The predicted molar refractivity (Wildman–Crippen MR) is 148 cm³/mol. The van der Waals surface area contributed by atoms with Crippen molar-refractivity contribution in [3.05, 3.63) is 23.3 Å². The van der Waals surface area contributed by atoms with Crippen LogP contribution >= 0.6 is 0 Å². The zero-order valence-electron chi connectivity index (χ0n) is 23.8. The van der Waals surface area contributed by atoms with Gasteiger partial charge in [-0.05, 0) is 75.6 Å². The van der Waals surface area contributed by atoms with Crippen LogP contribution in [0.4, 0.5) is 0 Å². The lowest BCUT2D eigenvalue weighted by atomic mass is 9.88. The van der Waals surface area contributed by atoms with Gasteiger partial charge in [0.15, 0.2) is 0 Å². The van der Waals surface area contributed by atoms with E-state index >= 15 is 0 Å². The van der Waals surface area contributed by atoms with Gasteiger partial charge in [0.1, 0.15) is 12.4 Å². The van der Waals surface area contributed by atoms with E-state index in [2.05, 4.69) is 9.80 Å². The summed E-state index contributed by atoms with van der Waals surface area (Å²) < 4.78 is 38.6. The van der Waals surface area contributed by atoms with Crippen LogP contribution in [0, 0.1) is 13.8 Å². The van der Waals surface area contributed by atoms with Gasteiger partial charge < -0.3 is 14.4 Å². The molecule has 38 heavy (non-hydrogen) atoms. The SMILES string of the molecule is COc1cc(C)c(S(=O)(=O)N(C)CCOCC(=O)N(C)[C@H]2CCC[C@@H](N3CCN(C4CC4)CC3)C2)c(C)c1. The Bertz CT molecular complexity index is 1050. The summed E-state index contributed by atoms with van der Waals surface area (Å²) in [5.74, 6) is 0.592. The second kappa shape index (κ2) is 12.6. The summed E-state index contributed by atoms with van der Waals surface area (Å²) in [5.41, 5.74) is 1.28. The Morgan fingerprint density at radius 3 is 2.16 bits per heavy atom. The van der Waals surface area contributed by atoms with Crippen molar-refractivity contribution in [2.75, 3.05) is 67.1 Å². The summed E-state index contributed by atoms with van der Waals surface area (Å²) in [6, 6.07) is 5.08. The molecule has 9 nitrogen and oxygen atoms in total. The molecule has 3 fully saturated rings. The highest BCUT2D eigenvalue weighted by atomic mass is 32.2. The number of piperazine rings is 1. The van der Waals surface area contributed by atoms with Crippen molar-refractivity contribution in [3.63, 3.8) is 0 Å². The minimum absolute atomic E-state index is 0.0355. The Labute approximate surface area is 229 Å². The molecule has 1 aromatic carbocycles. The highest BCUT2D eigenvalue weighted by Crippen LogP contribution is 2.31. The zero-order chi connectivity index (χ0) is 27.4. The minimum atomic E-state index is -3.69. The molecule has 0 aromatic heterocycles. The number of aryl methyl sites for hydroxylation is 2. The summed E-state index contributed by atoms with van der Waals surface area (Å²) >= 11 is 0. The molecule has 0 radical (unpaired) electrons. The lowest BCUT2D eigenvalue weighted by Gasteiger charge is -2.44. The van der Waals surface area contributed by atoms with E-state index in [0.717, 1.165) is 38.4 Å². The molecule has 0 N–H and O–H groups in total. The van der Waals surface area contributed by atoms with E-state index in [1.165, 1.54) is 36.7 Å². The van der Waals surface area contributed by atoms with Crippen molar-refractivity contribution in [1.82, 2.24) is 19.0 Å². The molecule has 1 heterocycles. The number of rotatable bonds is 11. The van der Waals surface area contributed by atoms with Gasteiger partial charge in [-0.25, -0.2) is 8.42 Å². The summed E-state index contributed by atoms with van der Waals surface area (Å²) in [6.07, 6.45) is 7.15. The minimum Gasteiger partial charge on any atom is -0.497 e. The second-order valence-electron chi connectivity index (χ2n) is 11.3. The van der Waals surface area contributed by atoms with Crippen molar-refractivity contribution in [1.29, 1.82) is 0 Å². The number of ether oxygens (including phenoxy) is 2. The molecule has 4 rings (SSSR count). The molecule has 10 heteroatoms. The number of amides is 1. The van der Waals surface area contributed by atoms with E-state index in [-0.39, 0.29) is 36.6 Å². The van der Waals surface area contributed by atoms with Gasteiger partial charge >= 0.3 is 0 Å². The number of nitrogens with zero attached hydrogens (tertiary/aromatic N) is 4. The summed E-state index contributed by atoms with van der Waals surface area (Å²) in [6.45, 7) is 8.46. The molecular formula is C28H46N4O5S. The number of likely N-dealkylation sites (N-methyl/N-ethyl adjacent to an activating group) is 2. The number of methoxy groups -OCH3 is 1. The van der Waals surface area contributed by atoms with Crippen molar-refractivity contribution in [3.8, 4) is 5.75 Å². The Morgan fingerprint density at radius 2 is 1.58 bits per heavy atom. The quantitative estimate of drug-likeness (QED) is 0.392. The first-order chi connectivity index (χ1) is 18.1. The first-order valence-corrected chi connectivity index (χ1v) is 15.5. The van der Waals surface area contributed by atoms with E-state index in [9.17, 15) is 13.2 Å². The van der Waals surface area contributed by atoms with E-state index in [4.69, 9.17) is 9.47 Å². The molecule has 0 spiro atoms. The van der Waals surface area contributed by atoms with Crippen LogP contribution in [-0.2, 0) is 19.6 Å². The molecule has 1 aliphatic heterocycles. The fraction of sp³-hybridized carbons (Fsp3) is 0.750. The smallest absolute Gasteiger partial charge is 0.248 e. The first-order valence-electron chi connectivity index (χ1n) is 14.0. The molecule has 0 bridgehead atoms. The average molecular weight is 551 g/mol. The van der Waals surface area contributed by atoms with Gasteiger partial charge in [0, 0.05) is 64.9 Å². The number of carbonyl (C=O) groups is 1. The van der Waals surface area contributed by atoms with Crippen LogP contribution in [0.5, 0.6) is 5.75 Å². The number of benzene rings is 1. The summed E-state index contributed by atoms with van der Waals surface area (Å²) in [4.78, 5) is 20.3. The van der Waals surface area contributed by atoms with Gasteiger partial charge in [-0.1, -0.05) is 0 Å². The maximum atomic E-state index is 13.2. The Morgan fingerprint density at radius 1 is 0.974 bits per heavy atom. The molecule has 1 aromatic rings. The van der Waals surface area contributed by atoms with Gasteiger partial charge in [0.05, 0.1) is 18.6 Å². The van der Waals surface area contributed by atoms with Crippen LogP contribution in [-0.4, -0.2) is 119 Å². The topological polar surface area (TPSA) is 82.6 Å². The third-order valence-electron chi connectivity index (χ3n) is 8.60. The van der Waals surface area contributed by atoms with Crippen molar-refractivity contribution >= 4 is 15.9 Å². The Balaban J connectivity index is 1.21. The standard InChI is InChI=1S/C28H46N4O5S/c1-21-17-26(36-5)18-22(2)28(21)38(34,35)29(3)15-16-37-20-27(33)30(4)24-7-6-8-25(19-24)32-13-11-31(12-14-32)23-9-10-23/h17-18,23-25H,6-16,19-20H2,1-5H3/t24-,25+/m0/s1. The number of hydrogen-bond acceptors (Lipinski definition) is 7. The Kier molecular flexibility index (Phi) is 9.73. The molecule has 2 saturated carbocycles. The monoisotopic (exact) mass is 550 g/mol. The molecule has 1 saturated heterocycles. The summed E-state index contributed by atoms with van der Waals surface area (Å²) in [7, 11) is 1.31. The van der Waals surface area contributed by atoms with Crippen molar-refractivity contribution in [2.24, 2.45) is 0 Å². The van der Waals surface area contributed by atoms with E-state index in [0.29, 0.717) is 22.9 Å². The molecule has 2 atom stereocenters. The number of hydrogen-bond donors (Lipinski definition) is 0. The van der Waals surface area contributed by atoms with Gasteiger partial charge in [0.25, 0.3) is 0 Å². The lowest BCUT2D eigenvalue weighted by molar-refractivity contribution is -0.138. The normalized spacial score (nSPS) is 23.5. The third kappa shape index (κ3) is 6.88. The van der Waals surface area contributed by atoms with Gasteiger partial charge in [-0.3, -0.25) is 14.6 Å². The predicted octanol–water partition coefficient (Wildman–Crippen LogP) is 2.50. The largest absolute Gasteiger partial charge is 0.497 e. The third-order valence-corrected chi connectivity index (χ3v) is 10.8. The summed E-state index contributed by atoms with van der Waals surface area (Å²) in [5, 5.41) is 0. The van der Waals surface area contributed by atoms with Crippen LogP contribution in [0.25, 0.3) is 0 Å². The fourth-order valence-corrected chi connectivity index (χ4v) is 7.66. The highest BCUT2D eigenvalue weighted by Gasteiger charge is 2.35. The van der Waals surface area contributed by atoms with Crippen LogP contribution in [0.15, 0.2) is 17.0 Å². The first kappa shape index (κ1) is 29.3. The highest BCUT2D eigenvalue weighted by molar-refractivity contribution is 7.89. The van der Waals surface area contributed by atoms with Crippen LogP contribution in [0.2, 0.25) is 0 Å². The van der Waals surface area contributed by atoms with Gasteiger partial charge in [-0.15, -0.1) is 0 Å². The lowest BCUT2D eigenvalue weighted by Crippen LogP contribution is -2.54. The van der Waals surface area contributed by atoms with E-state index in [1.54, 1.807) is 40.1 Å². The van der Waals surface area contributed by atoms with E-state index < -0.39 is 10.0 Å². The van der Waals surface area contributed by atoms with Crippen LogP contribution in [0.1, 0.15) is 49.7 Å². The molecule has 3 aliphatic rings. The Hall–Kier alpha value is -1.72. The number of carbonyl (C=O) groups excluding carboxylic acids is 1. The van der Waals surface area contributed by atoms with Gasteiger partial charge in [-0.2, -0.15) is 4.31 Å². The van der Waals surface area contributed by atoms with Crippen LogP contribution in [0.3, 0.4) is 0 Å².